The molecule has 112 valence electrons. The van der Waals surface area contributed by atoms with Crippen molar-refractivity contribution in [3.63, 3.8) is 0 Å². The molecule has 1 aliphatic carbocycles. The summed E-state index contributed by atoms with van der Waals surface area (Å²) in [5.74, 6) is -0.567. The van der Waals surface area contributed by atoms with Crippen molar-refractivity contribution in [1.82, 2.24) is 10.6 Å². The second kappa shape index (κ2) is 4.91. The second-order valence-electron chi connectivity index (χ2n) is 5.43. The van der Waals surface area contributed by atoms with Crippen LogP contribution in [0.15, 0.2) is 65.9 Å². The molecule has 1 unspecified atom stereocenters. The van der Waals surface area contributed by atoms with E-state index >= 15 is 0 Å². The monoisotopic (exact) mass is 304 g/mol. The fraction of sp³-hybridized carbons (Fsp3) is 0.0556. The summed E-state index contributed by atoms with van der Waals surface area (Å²) in [5.41, 5.74) is 1.82. The van der Waals surface area contributed by atoms with Crippen LogP contribution in [0.2, 0.25) is 0 Å². The fourth-order valence-electron chi connectivity index (χ4n) is 3.04. The maximum atomic E-state index is 12.9. The van der Waals surface area contributed by atoms with Crippen LogP contribution < -0.4 is 10.6 Å². The van der Waals surface area contributed by atoms with Crippen molar-refractivity contribution in [2.24, 2.45) is 0 Å². The molecule has 0 saturated carbocycles. The number of carbonyl (C=O) groups is 3. The van der Waals surface area contributed by atoms with Gasteiger partial charge in [0.25, 0.3) is 0 Å². The van der Waals surface area contributed by atoms with Crippen LogP contribution in [0.3, 0.4) is 0 Å². The van der Waals surface area contributed by atoms with Gasteiger partial charge in [-0.2, -0.15) is 0 Å². The van der Waals surface area contributed by atoms with Gasteiger partial charge in [-0.05, 0) is 5.56 Å². The van der Waals surface area contributed by atoms with Crippen molar-refractivity contribution in [2.75, 3.05) is 0 Å². The normalized spacial score (nSPS) is 19.7. The molecular weight excluding hydrogens is 292 g/mol. The summed E-state index contributed by atoms with van der Waals surface area (Å²) in [5, 5.41) is 5.23. The van der Waals surface area contributed by atoms with Crippen molar-refractivity contribution in [1.29, 1.82) is 0 Å². The van der Waals surface area contributed by atoms with Crippen LogP contribution >= 0.6 is 0 Å². The molecule has 1 atom stereocenters. The largest absolute Gasteiger partial charge is 0.327 e. The standard InChI is InChI=1S/C18H12N2O3/c21-16-11-8-4-5-9-12(11)17(22)15-13(16)14(19-18(23)20-15)10-6-2-1-3-7-10/h1-9,14H,(H2,19,20,23). The van der Waals surface area contributed by atoms with Crippen LogP contribution in [0.1, 0.15) is 32.3 Å². The van der Waals surface area contributed by atoms with Gasteiger partial charge in [0.15, 0.2) is 5.78 Å². The number of benzene rings is 2. The van der Waals surface area contributed by atoms with Crippen LogP contribution in [-0.2, 0) is 0 Å². The van der Waals surface area contributed by atoms with Crippen molar-refractivity contribution < 1.29 is 14.4 Å². The molecule has 0 fully saturated rings. The Kier molecular flexibility index (Phi) is 2.87. The van der Waals surface area contributed by atoms with Crippen LogP contribution in [0.4, 0.5) is 4.79 Å². The highest BCUT2D eigenvalue weighted by Crippen LogP contribution is 2.34. The average molecular weight is 304 g/mol. The molecule has 2 aliphatic rings. The first kappa shape index (κ1) is 13.5. The minimum absolute atomic E-state index is 0.0753. The number of nitrogens with one attached hydrogen (secondary N) is 2. The molecule has 5 nitrogen and oxygen atoms in total. The molecule has 2 amide bonds. The zero-order chi connectivity index (χ0) is 16.0. The number of Topliss-reactive ketones (excluding diaryl/α,β-unsaturated/α-hetero) is 2. The third kappa shape index (κ3) is 1.97. The van der Waals surface area contributed by atoms with Crippen molar-refractivity contribution in [2.45, 2.75) is 6.04 Å². The molecule has 5 heteroatoms. The summed E-state index contributed by atoms with van der Waals surface area (Å²) in [7, 11) is 0. The molecule has 4 rings (SSSR count). The Hall–Kier alpha value is -3.21. The van der Waals surface area contributed by atoms with Gasteiger partial charge in [0.2, 0.25) is 5.78 Å². The van der Waals surface area contributed by atoms with Gasteiger partial charge in [0.1, 0.15) is 5.70 Å². The lowest BCUT2D eigenvalue weighted by molar-refractivity contribution is 0.0958. The summed E-state index contributed by atoms with van der Waals surface area (Å²) in [6, 6.07) is 14.7. The van der Waals surface area contributed by atoms with Gasteiger partial charge in [-0.25, -0.2) is 4.79 Å². The van der Waals surface area contributed by atoms with E-state index in [-0.39, 0.29) is 17.3 Å². The number of allylic oxidation sites excluding steroid dienone is 1. The predicted molar refractivity (Wildman–Crippen MR) is 83.0 cm³/mol. The fourth-order valence-corrected chi connectivity index (χ4v) is 3.04. The van der Waals surface area contributed by atoms with E-state index in [0.717, 1.165) is 5.56 Å². The molecule has 0 saturated heterocycles. The Morgan fingerprint density at radius 3 is 2.04 bits per heavy atom. The number of hydrogen-bond donors (Lipinski definition) is 2. The summed E-state index contributed by atoms with van der Waals surface area (Å²) >= 11 is 0. The number of carbonyl (C=O) groups excluding carboxylic acids is 3. The molecular formula is C18H12N2O3. The molecule has 0 spiro atoms. The highest BCUT2D eigenvalue weighted by Gasteiger charge is 2.40. The minimum atomic E-state index is -0.634. The van der Waals surface area contributed by atoms with E-state index in [1.54, 1.807) is 24.3 Å². The Morgan fingerprint density at radius 2 is 1.35 bits per heavy atom. The van der Waals surface area contributed by atoms with Crippen LogP contribution in [-0.4, -0.2) is 17.6 Å². The molecule has 1 aliphatic heterocycles. The molecule has 0 bridgehead atoms. The number of fused-ring (bicyclic) bond motifs is 1. The number of urea groups is 1. The average Bonchev–Trinajstić information content (AvgIpc) is 2.59. The topological polar surface area (TPSA) is 75.3 Å². The van der Waals surface area contributed by atoms with Gasteiger partial charge in [0, 0.05) is 11.1 Å². The first-order valence-electron chi connectivity index (χ1n) is 7.22. The molecule has 2 N–H and O–H groups in total. The van der Waals surface area contributed by atoms with Gasteiger partial charge in [-0.1, -0.05) is 54.6 Å². The van der Waals surface area contributed by atoms with Crippen molar-refractivity contribution in [3.8, 4) is 0 Å². The van der Waals surface area contributed by atoms with Gasteiger partial charge in [-0.15, -0.1) is 0 Å². The molecule has 2 aromatic rings. The third-order valence-corrected chi connectivity index (χ3v) is 4.09. The Bertz CT molecular complexity index is 884. The lowest BCUT2D eigenvalue weighted by Crippen LogP contribution is -2.49. The predicted octanol–water partition coefficient (Wildman–Crippen LogP) is 2.37. The van der Waals surface area contributed by atoms with Crippen LogP contribution in [0.25, 0.3) is 0 Å². The Morgan fingerprint density at radius 1 is 0.739 bits per heavy atom. The van der Waals surface area contributed by atoms with E-state index < -0.39 is 12.1 Å². The van der Waals surface area contributed by atoms with Crippen LogP contribution in [0, 0.1) is 0 Å². The van der Waals surface area contributed by atoms with Crippen molar-refractivity contribution in [3.05, 3.63) is 82.6 Å². The van der Waals surface area contributed by atoms with E-state index in [1.165, 1.54) is 0 Å². The smallest absolute Gasteiger partial charge is 0.320 e. The highest BCUT2D eigenvalue weighted by molar-refractivity contribution is 6.28. The summed E-state index contributed by atoms with van der Waals surface area (Å²) in [6.45, 7) is 0. The zero-order valence-corrected chi connectivity index (χ0v) is 12.0. The van der Waals surface area contributed by atoms with Gasteiger partial charge in [0.05, 0.1) is 11.6 Å². The number of rotatable bonds is 1. The lowest BCUT2D eigenvalue weighted by atomic mass is 9.81. The number of ketones is 2. The van der Waals surface area contributed by atoms with Crippen LogP contribution in [0.5, 0.6) is 0 Å². The van der Waals surface area contributed by atoms with Gasteiger partial charge < -0.3 is 10.6 Å². The maximum absolute atomic E-state index is 12.9. The summed E-state index contributed by atoms with van der Waals surface area (Å²) in [6.07, 6.45) is 0. The summed E-state index contributed by atoms with van der Waals surface area (Å²) in [4.78, 5) is 37.5. The van der Waals surface area contributed by atoms with E-state index in [2.05, 4.69) is 10.6 Å². The second-order valence-corrected chi connectivity index (χ2v) is 5.43. The first-order chi connectivity index (χ1) is 11.2. The SMILES string of the molecule is O=C1NC2=C(C(=O)c3ccccc3C2=O)C(c2ccccc2)N1. The maximum Gasteiger partial charge on any atom is 0.320 e. The summed E-state index contributed by atoms with van der Waals surface area (Å²) < 4.78 is 0. The zero-order valence-electron chi connectivity index (χ0n) is 12.0. The number of hydrogen-bond acceptors (Lipinski definition) is 3. The molecule has 0 aromatic heterocycles. The quantitative estimate of drug-likeness (QED) is 0.849. The lowest BCUT2D eigenvalue weighted by Gasteiger charge is -2.32. The van der Waals surface area contributed by atoms with E-state index in [4.69, 9.17) is 0 Å². The minimum Gasteiger partial charge on any atom is -0.327 e. The molecule has 23 heavy (non-hydrogen) atoms. The molecule has 1 heterocycles. The van der Waals surface area contributed by atoms with Gasteiger partial charge >= 0.3 is 6.03 Å². The highest BCUT2D eigenvalue weighted by atomic mass is 16.2. The molecule has 2 aromatic carbocycles. The number of amides is 2. The van der Waals surface area contributed by atoms with Gasteiger partial charge in [-0.3, -0.25) is 9.59 Å². The third-order valence-electron chi connectivity index (χ3n) is 4.09. The molecule has 0 radical (unpaired) electrons. The Labute approximate surface area is 132 Å². The first-order valence-corrected chi connectivity index (χ1v) is 7.22. The van der Waals surface area contributed by atoms with E-state index in [0.29, 0.717) is 16.7 Å². The van der Waals surface area contributed by atoms with E-state index in [1.807, 2.05) is 30.3 Å². The van der Waals surface area contributed by atoms with E-state index in [9.17, 15) is 14.4 Å². The Balaban J connectivity index is 1.93. The van der Waals surface area contributed by atoms with Crippen molar-refractivity contribution >= 4 is 17.6 Å².